The number of alkyl carbamates (subject to hydrolysis) is 1. The van der Waals surface area contributed by atoms with Gasteiger partial charge >= 0.3 is 12.1 Å². The van der Waals surface area contributed by atoms with Crippen LogP contribution in [0.15, 0.2) is 30.3 Å². The highest BCUT2D eigenvalue weighted by Crippen LogP contribution is 2.11. The molecule has 0 bridgehead atoms. The number of carbonyl (C=O) groups is 4. The van der Waals surface area contributed by atoms with E-state index in [-0.39, 0.29) is 19.4 Å². The number of ether oxygens (including phenoxy) is 2. The number of esters is 1. The number of nitrogens with one attached hydrogen (secondary N) is 2. The Morgan fingerprint density at radius 2 is 2.00 bits per heavy atom. The minimum Gasteiger partial charge on any atom is -0.450 e. The lowest BCUT2D eigenvalue weighted by Crippen LogP contribution is -2.45. The van der Waals surface area contributed by atoms with Crippen molar-refractivity contribution < 1.29 is 28.7 Å². The van der Waals surface area contributed by atoms with Crippen LogP contribution in [0.1, 0.15) is 31.7 Å². The molecule has 1 unspecified atom stereocenters. The van der Waals surface area contributed by atoms with E-state index < -0.39 is 36.0 Å². The summed E-state index contributed by atoms with van der Waals surface area (Å²) in [5.74, 6) is -1.96. The van der Waals surface area contributed by atoms with Gasteiger partial charge in [0, 0.05) is 6.42 Å². The van der Waals surface area contributed by atoms with Gasteiger partial charge in [0.1, 0.15) is 6.04 Å². The first-order chi connectivity index (χ1) is 12.5. The maximum absolute atomic E-state index is 12.4. The fraction of sp³-hybridized carbons (Fsp3) is 0.444. The molecule has 0 aromatic heterocycles. The molecule has 2 N–H and O–H groups in total. The van der Waals surface area contributed by atoms with Gasteiger partial charge in [0.2, 0.25) is 5.91 Å². The summed E-state index contributed by atoms with van der Waals surface area (Å²) in [6.07, 6.45) is -0.373. The van der Waals surface area contributed by atoms with Crippen LogP contribution < -0.4 is 10.6 Å². The average molecular weight is 362 g/mol. The van der Waals surface area contributed by atoms with Crippen LogP contribution in [0.2, 0.25) is 0 Å². The maximum Gasteiger partial charge on any atom is 0.407 e. The van der Waals surface area contributed by atoms with Crippen molar-refractivity contribution >= 4 is 23.9 Å². The summed E-state index contributed by atoms with van der Waals surface area (Å²) in [5, 5.41) is 4.54. The standard InChI is InChI=1S/C18H22N2O6/c1-2-3-9-25-18(24)19-13(10-12-7-5-4-6-8-12)17(23)26-14-11-15(21)20-16(14)22/h4-8,13-14H,2-3,9-11H2,1H3,(H,19,24)(H,20,21,22)/t13-,14?/m0/s1. The number of hydrogen-bond donors (Lipinski definition) is 2. The van der Waals surface area contributed by atoms with Crippen molar-refractivity contribution in [2.24, 2.45) is 0 Å². The predicted octanol–water partition coefficient (Wildman–Crippen LogP) is 1.08. The van der Waals surface area contributed by atoms with Crippen molar-refractivity contribution in [3.63, 3.8) is 0 Å². The molecule has 0 radical (unpaired) electrons. The fourth-order valence-electron chi connectivity index (χ4n) is 2.38. The van der Waals surface area contributed by atoms with E-state index in [0.29, 0.717) is 6.42 Å². The van der Waals surface area contributed by atoms with E-state index in [1.165, 1.54) is 0 Å². The highest BCUT2D eigenvalue weighted by atomic mass is 16.6. The lowest BCUT2D eigenvalue weighted by Gasteiger charge is -2.19. The molecular weight excluding hydrogens is 340 g/mol. The van der Waals surface area contributed by atoms with Gasteiger partial charge in [-0.3, -0.25) is 14.9 Å². The number of benzene rings is 1. The van der Waals surface area contributed by atoms with Crippen molar-refractivity contribution in [1.29, 1.82) is 0 Å². The van der Waals surface area contributed by atoms with Crippen LogP contribution >= 0.6 is 0 Å². The lowest BCUT2D eigenvalue weighted by molar-refractivity contribution is -0.155. The maximum atomic E-state index is 12.4. The molecule has 0 aliphatic carbocycles. The van der Waals surface area contributed by atoms with E-state index in [0.717, 1.165) is 12.0 Å². The topological polar surface area (TPSA) is 111 Å². The summed E-state index contributed by atoms with van der Waals surface area (Å²) in [5.41, 5.74) is 0.801. The SMILES string of the molecule is CCCCOC(=O)N[C@@H](Cc1ccccc1)C(=O)OC1CC(=O)NC1=O. The van der Waals surface area contributed by atoms with E-state index in [9.17, 15) is 19.2 Å². The Hall–Kier alpha value is -2.90. The number of amides is 3. The number of rotatable bonds is 8. The Morgan fingerprint density at radius 1 is 1.27 bits per heavy atom. The van der Waals surface area contributed by atoms with Crippen molar-refractivity contribution in [2.45, 2.75) is 44.8 Å². The smallest absolute Gasteiger partial charge is 0.407 e. The van der Waals surface area contributed by atoms with E-state index in [2.05, 4.69) is 10.6 Å². The molecule has 8 heteroatoms. The van der Waals surface area contributed by atoms with Gasteiger partial charge in [-0.25, -0.2) is 9.59 Å². The van der Waals surface area contributed by atoms with Gasteiger partial charge in [0.25, 0.3) is 5.91 Å². The molecule has 1 fully saturated rings. The molecule has 26 heavy (non-hydrogen) atoms. The van der Waals surface area contributed by atoms with Gasteiger partial charge < -0.3 is 14.8 Å². The number of hydrogen-bond acceptors (Lipinski definition) is 6. The summed E-state index contributed by atoms with van der Waals surface area (Å²) < 4.78 is 10.1. The molecule has 1 saturated heterocycles. The molecule has 1 aliphatic rings. The van der Waals surface area contributed by atoms with Crippen LogP contribution in [0, 0.1) is 0 Å². The molecule has 1 aromatic carbocycles. The Balaban J connectivity index is 2.01. The van der Waals surface area contributed by atoms with Crippen molar-refractivity contribution in [3.05, 3.63) is 35.9 Å². The molecule has 3 amide bonds. The van der Waals surface area contributed by atoms with Crippen LogP contribution in [0.25, 0.3) is 0 Å². The van der Waals surface area contributed by atoms with Crippen LogP contribution in [-0.4, -0.2) is 42.6 Å². The third-order valence-corrected chi connectivity index (χ3v) is 3.77. The van der Waals surface area contributed by atoms with Crippen molar-refractivity contribution in [1.82, 2.24) is 10.6 Å². The summed E-state index contributed by atoms with van der Waals surface area (Å²) in [7, 11) is 0. The molecule has 0 saturated carbocycles. The lowest BCUT2D eigenvalue weighted by atomic mass is 10.1. The second-order valence-electron chi connectivity index (χ2n) is 5.92. The predicted molar refractivity (Wildman–Crippen MR) is 91.0 cm³/mol. The average Bonchev–Trinajstić information content (AvgIpc) is 2.92. The Kier molecular flexibility index (Phi) is 7.13. The van der Waals surface area contributed by atoms with Gasteiger partial charge in [0.15, 0.2) is 6.10 Å². The third-order valence-electron chi connectivity index (χ3n) is 3.77. The molecule has 2 rings (SSSR count). The zero-order chi connectivity index (χ0) is 18.9. The largest absolute Gasteiger partial charge is 0.450 e. The van der Waals surface area contributed by atoms with Gasteiger partial charge in [0.05, 0.1) is 13.0 Å². The molecular formula is C18H22N2O6. The third kappa shape index (κ3) is 5.87. The summed E-state index contributed by atoms with van der Waals surface area (Å²) in [6.45, 7) is 2.21. The van der Waals surface area contributed by atoms with E-state index in [4.69, 9.17) is 9.47 Å². The zero-order valence-corrected chi connectivity index (χ0v) is 14.5. The quantitative estimate of drug-likeness (QED) is 0.407. The van der Waals surface area contributed by atoms with Gasteiger partial charge in [-0.1, -0.05) is 43.7 Å². The molecule has 140 valence electrons. The highest BCUT2D eigenvalue weighted by Gasteiger charge is 2.36. The zero-order valence-electron chi connectivity index (χ0n) is 14.5. The van der Waals surface area contributed by atoms with Crippen LogP contribution in [-0.2, 0) is 30.3 Å². The molecule has 2 atom stereocenters. The number of carbonyl (C=O) groups excluding carboxylic acids is 4. The Morgan fingerprint density at radius 3 is 2.62 bits per heavy atom. The molecule has 1 heterocycles. The minimum atomic E-state index is -1.17. The highest BCUT2D eigenvalue weighted by molar-refractivity contribution is 6.05. The van der Waals surface area contributed by atoms with E-state index in [1.54, 1.807) is 24.3 Å². The Labute approximate surface area is 151 Å². The first-order valence-corrected chi connectivity index (χ1v) is 8.51. The Bertz CT molecular complexity index is 661. The van der Waals surface area contributed by atoms with Gasteiger partial charge in [-0.15, -0.1) is 0 Å². The number of imide groups is 1. The van der Waals surface area contributed by atoms with E-state index in [1.807, 2.05) is 13.0 Å². The van der Waals surface area contributed by atoms with Crippen LogP contribution in [0.5, 0.6) is 0 Å². The second-order valence-corrected chi connectivity index (χ2v) is 5.92. The minimum absolute atomic E-state index is 0.171. The molecule has 1 aliphatic heterocycles. The summed E-state index contributed by atoms with van der Waals surface area (Å²) in [6, 6.07) is 8.01. The van der Waals surface area contributed by atoms with Gasteiger partial charge in [-0.05, 0) is 12.0 Å². The van der Waals surface area contributed by atoms with Crippen molar-refractivity contribution in [3.8, 4) is 0 Å². The molecule has 8 nitrogen and oxygen atoms in total. The van der Waals surface area contributed by atoms with Crippen LogP contribution in [0.4, 0.5) is 4.79 Å². The fourth-order valence-corrected chi connectivity index (χ4v) is 2.38. The van der Waals surface area contributed by atoms with E-state index >= 15 is 0 Å². The van der Waals surface area contributed by atoms with Crippen molar-refractivity contribution in [2.75, 3.05) is 6.61 Å². The molecule has 0 spiro atoms. The normalized spacial score (nSPS) is 17.3. The molecule has 1 aromatic rings. The first kappa shape index (κ1) is 19.4. The second kappa shape index (κ2) is 9.55. The summed E-state index contributed by atoms with van der Waals surface area (Å²) >= 11 is 0. The van der Waals surface area contributed by atoms with Gasteiger partial charge in [-0.2, -0.15) is 0 Å². The number of unbranched alkanes of at least 4 members (excludes halogenated alkanes) is 1. The summed E-state index contributed by atoms with van der Waals surface area (Å²) in [4.78, 5) is 47.1. The monoisotopic (exact) mass is 362 g/mol. The van der Waals surface area contributed by atoms with Crippen LogP contribution in [0.3, 0.4) is 0 Å². The first-order valence-electron chi connectivity index (χ1n) is 8.51.